The van der Waals surface area contributed by atoms with Crippen LogP contribution in [0.5, 0.6) is 0 Å². The lowest BCUT2D eigenvalue weighted by molar-refractivity contribution is -0.172. The van der Waals surface area contributed by atoms with Crippen molar-refractivity contribution in [1.29, 1.82) is 0 Å². The molecule has 2 heterocycles. The summed E-state index contributed by atoms with van der Waals surface area (Å²) in [7, 11) is 0. The highest BCUT2D eigenvalue weighted by Gasteiger charge is 2.44. The Hall–Kier alpha value is -0.870. The number of benzene rings is 1. The molecule has 2 aliphatic rings. The van der Waals surface area contributed by atoms with Crippen LogP contribution in [0.3, 0.4) is 0 Å². The van der Waals surface area contributed by atoms with Crippen LogP contribution in [0.15, 0.2) is 28.7 Å². The molecule has 0 amide bonds. The van der Waals surface area contributed by atoms with E-state index in [0.29, 0.717) is 12.0 Å². The van der Waals surface area contributed by atoms with Gasteiger partial charge in [-0.3, -0.25) is 9.69 Å². The van der Waals surface area contributed by atoms with Crippen LogP contribution in [0.25, 0.3) is 0 Å². The van der Waals surface area contributed by atoms with Crippen LogP contribution in [0, 0.1) is 5.92 Å². The first-order chi connectivity index (χ1) is 9.56. The molecule has 3 rings (SSSR count). The van der Waals surface area contributed by atoms with Crippen LogP contribution in [0.4, 0.5) is 0 Å². The highest BCUT2D eigenvalue weighted by molar-refractivity contribution is 9.10. The zero-order valence-electron chi connectivity index (χ0n) is 11.9. The molecule has 4 atom stereocenters. The molecule has 0 spiro atoms. The summed E-state index contributed by atoms with van der Waals surface area (Å²) in [6, 6.07) is 8.75. The Kier molecular flexibility index (Phi) is 3.87. The fraction of sp³-hybridized carbons (Fsp3) is 0.562. The van der Waals surface area contributed by atoms with Gasteiger partial charge >= 0.3 is 5.97 Å². The molecule has 1 aromatic carbocycles. The van der Waals surface area contributed by atoms with Gasteiger partial charge in [-0.15, -0.1) is 0 Å². The highest BCUT2D eigenvalue weighted by atomic mass is 79.9. The topological polar surface area (TPSA) is 29.5 Å². The van der Waals surface area contributed by atoms with Crippen LogP contribution in [0.2, 0.25) is 0 Å². The lowest BCUT2D eigenvalue weighted by atomic mass is 9.82. The average molecular weight is 338 g/mol. The molecule has 0 unspecified atom stereocenters. The number of piperidine rings is 1. The van der Waals surface area contributed by atoms with E-state index in [0.717, 1.165) is 23.9 Å². The summed E-state index contributed by atoms with van der Waals surface area (Å²) >= 11 is 3.48. The lowest BCUT2D eigenvalue weighted by Crippen LogP contribution is -2.56. The standard InChI is InChI=1S/C16H20BrNO2/c1-10-3-8-14-16(19)20-11(2)9-18(14)15(10)12-4-6-13(17)7-5-12/h4-7,10-11,14-15H,3,8-9H2,1-2H3/t10-,11-,14+,15-/m1/s1. The van der Waals surface area contributed by atoms with Gasteiger partial charge in [0.1, 0.15) is 12.1 Å². The Morgan fingerprint density at radius 3 is 2.60 bits per heavy atom. The van der Waals surface area contributed by atoms with Crippen molar-refractivity contribution in [3.8, 4) is 0 Å². The number of rotatable bonds is 1. The van der Waals surface area contributed by atoms with Crippen LogP contribution in [-0.4, -0.2) is 29.6 Å². The predicted octanol–water partition coefficient (Wildman–Crippen LogP) is 3.54. The Morgan fingerprint density at radius 2 is 1.90 bits per heavy atom. The lowest BCUT2D eigenvalue weighted by Gasteiger charge is -2.48. The molecule has 4 heteroatoms. The Labute approximate surface area is 128 Å². The molecule has 1 aromatic rings. The van der Waals surface area contributed by atoms with Crippen molar-refractivity contribution >= 4 is 21.9 Å². The first-order valence-corrected chi connectivity index (χ1v) is 8.07. The van der Waals surface area contributed by atoms with E-state index in [1.807, 2.05) is 6.92 Å². The molecule has 0 bridgehead atoms. The maximum Gasteiger partial charge on any atom is 0.323 e. The Morgan fingerprint density at radius 1 is 1.20 bits per heavy atom. The summed E-state index contributed by atoms with van der Waals surface area (Å²) in [6.07, 6.45) is 1.98. The van der Waals surface area contributed by atoms with Gasteiger partial charge in [0, 0.05) is 17.1 Å². The number of carbonyl (C=O) groups excluding carboxylic acids is 1. The summed E-state index contributed by atoms with van der Waals surface area (Å²) in [4.78, 5) is 14.5. The summed E-state index contributed by atoms with van der Waals surface area (Å²) in [6.45, 7) is 5.10. The molecular formula is C16H20BrNO2. The maximum absolute atomic E-state index is 12.1. The van der Waals surface area contributed by atoms with Crippen molar-refractivity contribution in [3.63, 3.8) is 0 Å². The van der Waals surface area contributed by atoms with E-state index in [2.05, 4.69) is 52.0 Å². The Balaban J connectivity index is 1.93. The number of nitrogens with zero attached hydrogens (tertiary/aromatic N) is 1. The van der Waals surface area contributed by atoms with Crippen molar-refractivity contribution in [1.82, 2.24) is 4.90 Å². The molecule has 0 aromatic heterocycles. The number of esters is 1. The average Bonchev–Trinajstić information content (AvgIpc) is 2.40. The molecule has 0 aliphatic carbocycles. The molecule has 0 N–H and O–H groups in total. The largest absolute Gasteiger partial charge is 0.460 e. The molecule has 2 fully saturated rings. The third-order valence-corrected chi connectivity index (χ3v) is 4.99. The third-order valence-electron chi connectivity index (χ3n) is 4.46. The number of morpholine rings is 1. The summed E-state index contributed by atoms with van der Waals surface area (Å²) < 4.78 is 6.50. The second kappa shape index (κ2) is 5.49. The monoisotopic (exact) mass is 337 g/mol. The van der Waals surface area contributed by atoms with E-state index in [4.69, 9.17) is 4.74 Å². The molecule has 3 nitrogen and oxygen atoms in total. The number of carbonyl (C=O) groups is 1. The SMILES string of the molecule is C[C@@H]1CN2[C@@H](CC[C@@H](C)[C@@H]2c2ccc(Br)cc2)C(=O)O1. The van der Waals surface area contributed by atoms with Crippen molar-refractivity contribution in [2.24, 2.45) is 5.92 Å². The predicted molar refractivity (Wildman–Crippen MR) is 81.3 cm³/mol. The van der Waals surface area contributed by atoms with Crippen LogP contribution < -0.4 is 0 Å². The zero-order chi connectivity index (χ0) is 14.3. The maximum atomic E-state index is 12.1. The minimum Gasteiger partial charge on any atom is -0.460 e. The number of fused-ring (bicyclic) bond motifs is 1. The molecule has 20 heavy (non-hydrogen) atoms. The minimum absolute atomic E-state index is 0.0120. The van der Waals surface area contributed by atoms with Gasteiger partial charge < -0.3 is 4.74 Å². The van der Waals surface area contributed by atoms with Gasteiger partial charge in [0.15, 0.2) is 0 Å². The zero-order valence-corrected chi connectivity index (χ0v) is 13.5. The van der Waals surface area contributed by atoms with Gasteiger partial charge in [-0.05, 0) is 43.4 Å². The molecule has 108 valence electrons. The van der Waals surface area contributed by atoms with E-state index >= 15 is 0 Å². The van der Waals surface area contributed by atoms with Crippen molar-refractivity contribution in [2.75, 3.05) is 6.54 Å². The van der Waals surface area contributed by atoms with Gasteiger partial charge in [0.2, 0.25) is 0 Å². The summed E-state index contributed by atoms with van der Waals surface area (Å²) in [5.41, 5.74) is 1.30. The first-order valence-electron chi connectivity index (χ1n) is 7.28. The molecule has 2 aliphatic heterocycles. The van der Waals surface area contributed by atoms with E-state index in [-0.39, 0.29) is 18.1 Å². The second-order valence-corrected chi connectivity index (χ2v) is 6.93. The van der Waals surface area contributed by atoms with E-state index in [1.165, 1.54) is 5.56 Å². The summed E-state index contributed by atoms with van der Waals surface area (Å²) in [5, 5.41) is 0. The van der Waals surface area contributed by atoms with Gasteiger partial charge in [0.05, 0.1) is 0 Å². The number of cyclic esters (lactones) is 1. The van der Waals surface area contributed by atoms with Crippen LogP contribution >= 0.6 is 15.9 Å². The molecule has 0 saturated carbocycles. The number of hydrogen-bond donors (Lipinski definition) is 0. The quantitative estimate of drug-likeness (QED) is 0.734. The molecular weight excluding hydrogens is 318 g/mol. The fourth-order valence-corrected chi connectivity index (χ4v) is 3.81. The van der Waals surface area contributed by atoms with E-state index in [9.17, 15) is 4.79 Å². The van der Waals surface area contributed by atoms with Crippen LogP contribution in [0.1, 0.15) is 38.3 Å². The number of halogens is 1. The van der Waals surface area contributed by atoms with Crippen molar-refractivity contribution in [2.45, 2.75) is 44.9 Å². The third kappa shape index (κ3) is 2.51. The fourth-order valence-electron chi connectivity index (χ4n) is 3.55. The van der Waals surface area contributed by atoms with Crippen LogP contribution in [-0.2, 0) is 9.53 Å². The first kappa shape index (κ1) is 14.1. The van der Waals surface area contributed by atoms with Gasteiger partial charge in [-0.25, -0.2) is 0 Å². The smallest absolute Gasteiger partial charge is 0.323 e. The normalized spacial score (nSPS) is 34.5. The second-order valence-electron chi connectivity index (χ2n) is 6.01. The highest BCUT2D eigenvalue weighted by Crippen LogP contribution is 2.41. The minimum atomic E-state index is -0.0592. The van der Waals surface area contributed by atoms with Gasteiger partial charge in [0.25, 0.3) is 0 Å². The van der Waals surface area contributed by atoms with Gasteiger partial charge in [-0.2, -0.15) is 0 Å². The Bertz CT molecular complexity index is 502. The van der Waals surface area contributed by atoms with E-state index in [1.54, 1.807) is 0 Å². The van der Waals surface area contributed by atoms with Crippen molar-refractivity contribution < 1.29 is 9.53 Å². The molecule has 2 saturated heterocycles. The number of hydrogen-bond acceptors (Lipinski definition) is 3. The number of ether oxygens (including phenoxy) is 1. The van der Waals surface area contributed by atoms with Gasteiger partial charge in [-0.1, -0.05) is 35.0 Å². The summed E-state index contributed by atoms with van der Waals surface area (Å²) in [5.74, 6) is 0.517. The molecule has 0 radical (unpaired) electrons. The van der Waals surface area contributed by atoms with E-state index < -0.39 is 0 Å². The van der Waals surface area contributed by atoms with Crippen molar-refractivity contribution in [3.05, 3.63) is 34.3 Å².